The Morgan fingerprint density at radius 2 is 2.00 bits per heavy atom. The molecule has 1 aromatic carbocycles. The van der Waals surface area contributed by atoms with E-state index in [-0.39, 0.29) is 23.3 Å². The number of rotatable bonds is 4. The number of nitrogens with zero attached hydrogens (tertiary/aromatic N) is 1. The van der Waals surface area contributed by atoms with Crippen LogP contribution in [-0.4, -0.2) is 33.8 Å². The fraction of sp³-hybridized carbons (Fsp3) is 0.545. The van der Waals surface area contributed by atoms with E-state index >= 15 is 0 Å². The molecule has 5 heteroatoms. The van der Waals surface area contributed by atoms with Crippen molar-refractivity contribution < 1.29 is 9.59 Å². The van der Waals surface area contributed by atoms with Crippen molar-refractivity contribution >= 4 is 22.7 Å². The van der Waals surface area contributed by atoms with E-state index < -0.39 is 0 Å². The molecule has 0 saturated carbocycles. The van der Waals surface area contributed by atoms with Crippen molar-refractivity contribution in [3.63, 3.8) is 0 Å². The molecule has 0 radical (unpaired) electrons. The number of H-pyrrole nitrogens is 1. The van der Waals surface area contributed by atoms with Crippen LogP contribution in [-0.2, 0) is 22.6 Å². The van der Waals surface area contributed by atoms with Gasteiger partial charge in [0.25, 0.3) is 0 Å². The summed E-state index contributed by atoms with van der Waals surface area (Å²) in [4.78, 5) is 30.3. The fourth-order valence-corrected chi connectivity index (χ4v) is 4.06. The van der Waals surface area contributed by atoms with Crippen LogP contribution in [0.3, 0.4) is 0 Å². The molecular formula is C22H31N3O2. The highest BCUT2D eigenvalue weighted by Gasteiger charge is 2.39. The summed E-state index contributed by atoms with van der Waals surface area (Å²) in [6, 6.07) is 4.32. The average Bonchev–Trinajstić information content (AvgIpc) is 3.13. The summed E-state index contributed by atoms with van der Waals surface area (Å²) in [6.45, 7) is 13.4. The molecule has 0 aliphatic carbocycles. The average molecular weight is 370 g/mol. The molecule has 2 aromatic rings. The Hall–Kier alpha value is -2.30. The second-order valence-corrected chi connectivity index (χ2v) is 8.72. The van der Waals surface area contributed by atoms with Crippen LogP contribution in [0.1, 0.15) is 56.5 Å². The molecule has 1 unspecified atom stereocenters. The predicted octanol–water partition coefficient (Wildman–Crippen LogP) is 3.61. The Morgan fingerprint density at radius 3 is 2.59 bits per heavy atom. The maximum atomic E-state index is 12.7. The van der Waals surface area contributed by atoms with Crippen LogP contribution in [0.2, 0.25) is 0 Å². The molecule has 0 bridgehead atoms. The number of benzene rings is 1. The van der Waals surface area contributed by atoms with Gasteiger partial charge >= 0.3 is 0 Å². The number of carbonyl (C=O) groups is 2. The van der Waals surface area contributed by atoms with Gasteiger partial charge in [0, 0.05) is 36.1 Å². The first-order chi connectivity index (χ1) is 12.6. The minimum Gasteiger partial charge on any atom is -0.358 e. The summed E-state index contributed by atoms with van der Waals surface area (Å²) in [5.41, 5.74) is 5.67. The third kappa shape index (κ3) is 3.73. The van der Waals surface area contributed by atoms with Crippen molar-refractivity contribution in [3.8, 4) is 0 Å². The Kier molecular flexibility index (Phi) is 5.06. The summed E-state index contributed by atoms with van der Waals surface area (Å²) < 4.78 is 0. The number of aryl methyl sites for hydroxylation is 3. The van der Waals surface area contributed by atoms with Crippen molar-refractivity contribution in [2.24, 2.45) is 5.92 Å². The van der Waals surface area contributed by atoms with Gasteiger partial charge in [-0.15, -0.1) is 0 Å². The number of amides is 2. The number of hydrogen-bond donors (Lipinski definition) is 2. The van der Waals surface area contributed by atoms with Crippen molar-refractivity contribution in [1.82, 2.24) is 15.2 Å². The Balaban J connectivity index is 1.76. The summed E-state index contributed by atoms with van der Waals surface area (Å²) in [5.74, 6) is -0.245. The third-order valence-corrected chi connectivity index (χ3v) is 5.61. The number of aromatic nitrogens is 1. The lowest BCUT2D eigenvalue weighted by Gasteiger charge is -2.31. The molecule has 1 atom stereocenters. The lowest BCUT2D eigenvalue weighted by molar-refractivity contribution is -0.132. The van der Waals surface area contributed by atoms with E-state index in [1.807, 2.05) is 25.7 Å². The second-order valence-electron chi connectivity index (χ2n) is 8.72. The largest absolute Gasteiger partial charge is 0.358 e. The van der Waals surface area contributed by atoms with E-state index in [0.29, 0.717) is 19.5 Å². The topological polar surface area (TPSA) is 65.2 Å². The molecule has 1 fully saturated rings. The van der Waals surface area contributed by atoms with Gasteiger partial charge in [0.15, 0.2) is 0 Å². The Bertz CT molecular complexity index is 889. The molecule has 5 nitrogen and oxygen atoms in total. The number of likely N-dealkylation sites (tertiary alicyclic amines) is 1. The standard InChI is InChI=1S/C22H31N3O2/c1-7-18-14(3)17-9-13(2)8-15(20(17)24-18)11-23-21(27)16-10-19(26)25(12-16)22(4,5)6/h8-9,16,24H,7,10-12H2,1-6H3,(H,23,27). The molecule has 2 N–H and O–H groups in total. The summed E-state index contributed by atoms with van der Waals surface area (Å²) in [5, 5.41) is 4.29. The number of hydrogen-bond acceptors (Lipinski definition) is 2. The van der Waals surface area contributed by atoms with E-state index in [2.05, 4.69) is 43.2 Å². The van der Waals surface area contributed by atoms with Gasteiger partial charge in [-0.1, -0.05) is 18.6 Å². The zero-order valence-corrected chi connectivity index (χ0v) is 17.3. The first kappa shape index (κ1) is 19.5. The summed E-state index contributed by atoms with van der Waals surface area (Å²) in [6.07, 6.45) is 1.26. The van der Waals surface area contributed by atoms with Crippen molar-refractivity contribution in [2.75, 3.05) is 6.54 Å². The van der Waals surface area contributed by atoms with Gasteiger partial charge in [0.1, 0.15) is 0 Å². The SMILES string of the molecule is CCc1[nH]c2c(CNC(=O)C3CC(=O)N(C(C)(C)C)C3)cc(C)cc2c1C. The molecule has 0 spiro atoms. The zero-order valence-electron chi connectivity index (χ0n) is 17.3. The van der Waals surface area contributed by atoms with E-state index in [1.165, 1.54) is 22.2 Å². The van der Waals surface area contributed by atoms with Crippen molar-refractivity contribution in [2.45, 2.75) is 66.5 Å². The lowest BCUT2D eigenvalue weighted by atomic mass is 10.0. The molecule has 146 valence electrons. The fourth-order valence-electron chi connectivity index (χ4n) is 4.06. The van der Waals surface area contributed by atoms with Crippen LogP contribution in [0.5, 0.6) is 0 Å². The molecule has 1 aliphatic heterocycles. The second kappa shape index (κ2) is 7.02. The zero-order chi connectivity index (χ0) is 19.9. The van der Waals surface area contributed by atoms with Crippen LogP contribution in [0, 0.1) is 19.8 Å². The highest BCUT2D eigenvalue weighted by molar-refractivity contribution is 5.91. The minimum absolute atomic E-state index is 0.0382. The lowest BCUT2D eigenvalue weighted by Crippen LogP contribution is -2.43. The van der Waals surface area contributed by atoms with E-state index in [9.17, 15) is 9.59 Å². The first-order valence-electron chi connectivity index (χ1n) is 9.80. The van der Waals surface area contributed by atoms with Crippen LogP contribution >= 0.6 is 0 Å². The van der Waals surface area contributed by atoms with E-state index in [4.69, 9.17) is 0 Å². The van der Waals surface area contributed by atoms with Gasteiger partial charge < -0.3 is 15.2 Å². The van der Waals surface area contributed by atoms with E-state index in [1.54, 1.807) is 0 Å². The molecule has 1 aliphatic rings. The van der Waals surface area contributed by atoms with Gasteiger partial charge in [-0.25, -0.2) is 0 Å². The summed E-state index contributed by atoms with van der Waals surface area (Å²) >= 11 is 0. The van der Waals surface area contributed by atoms with Gasteiger partial charge in [0.05, 0.1) is 11.4 Å². The number of fused-ring (bicyclic) bond motifs is 1. The third-order valence-electron chi connectivity index (χ3n) is 5.61. The van der Waals surface area contributed by atoms with Gasteiger partial charge in [-0.2, -0.15) is 0 Å². The highest BCUT2D eigenvalue weighted by Crippen LogP contribution is 2.28. The van der Waals surface area contributed by atoms with Crippen molar-refractivity contribution in [3.05, 3.63) is 34.5 Å². The Morgan fingerprint density at radius 1 is 1.30 bits per heavy atom. The predicted molar refractivity (Wildman–Crippen MR) is 109 cm³/mol. The first-order valence-corrected chi connectivity index (χ1v) is 9.80. The van der Waals surface area contributed by atoms with E-state index in [0.717, 1.165) is 17.5 Å². The highest BCUT2D eigenvalue weighted by atomic mass is 16.2. The molecular weight excluding hydrogens is 338 g/mol. The quantitative estimate of drug-likeness (QED) is 0.865. The molecule has 27 heavy (non-hydrogen) atoms. The number of nitrogens with one attached hydrogen (secondary N) is 2. The molecule has 1 saturated heterocycles. The van der Waals surface area contributed by atoms with Crippen LogP contribution < -0.4 is 5.32 Å². The molecule has 3 rings (SSSR count). The smallest absolute Gasteiger partial charge is 0.225 e. The Labute approximate surface area is 161 Å². The van der Waals surface area contributed by atoms with Gasteiger partial charge in [0.2, 0.25) is 11.8 Å². The van der Waals surface area contributed by atoms with Crippen molar-refractivity contribution in [1.29, 1.82) is 0 Å². The van der Waals surface area contributed by atoms with Crippen LogP contribution in [0.25, 0.3) is 10.9 Å². The number of aromatic amines is 1. The van der Waals surface area contributed by atoms with Crippen LogP contribution in [0.4, 0.5) is 0 Å². The number of carbonyl (C=O) groups excluding carboxylic acids is 2. The van der Waals surface area contributed by atoms with Gasteiger partial charge in [-0.3, -0.25) is 9.59 Å². The minimum atomic E-state index is -0.270. The molecule has 2 amide bonds. The van der Waals surface area contributed by atoms with Gasteiger partial charge in [-0.05, 0) is 58.2 Å². The normalized spacial score (nSPS) is 17.8. The molecule has 2 heterocycles. The monoisotopic (exact) mass is 369 g/mol. The summed E-state index contributed by atoms with van der Waals surface area (Å²) in [7, 11) is 0. The van der Waals surface area contributed by atoms with Crippen LogP contribution in [0.15, 0.2) is 12.1 Å². The maximum absolute atomic E-state index is 12.7. The molecule has 1 aromatic heterocycles. The maximum Gasteiger partial charge on any atom is 0.225 e.